The van der Waals surface area contributed by atoms with E-state index in [1.54, 1.807) is 0 Å². The molecule has 1 aromatic heterocycles. The number of nitrogens with zero attached hydrogens (tertiary/aromatic N) is 2. The lowest BCUT2D eigenvalue weighted by Gasteiger charge is -2.17. The topological polar surface area (TPSA) is 94.1 Å². The normalized spacial score (nSPS) is 12.6. The SMILES string of the molecule is CC(C)C(N)CNc1c([N+](=O)[O-])cnc2ccccc12. The molecule has 2 aromatic rings. The molecule has 0 bridgehead atoms. The van der Waals surface area contributed by atoms with Gasteiger partial charge in [0.05, 0.1) is 10.4 Å². The van der Waals surface area contributed by atoms with Crippen molar-refractivity contribution < 1.29 is 4.92 Å². The quantitative estimate of drug-likeness (QED) is 0.645. The Bertz CT molecular complexity index is 628. The number of nitro groups is 1. The van der Waals surface area contributed by atoms with Crippen molar-refractivity contribution in [2.45, 2.75) is 19.9 Å². The first-order chi connectivity index (χ1) is 9.50. The maximum Gasteiger partial charge on any atom is 0.311 e. The zero-order valence-corrected chi connectivity index (χ0v) is 11.5. The number of para-hydroxylation sites is 1. The molecule has 1 unspecified atom stereocenters. The largest absolute Gasteiger partial charge is 0.377 e. The van der Waals surface area contributed by atoms with E-state index >= 15 is 0 Å². The van der Waals surface area contributed by atoms with Crippen molar-refractivity contribution in [3.05, 3.63) is 40.6 Å². The average Bonchev–Trinajstić information content (AvgIpc) is 2.43. The van der Waals surface area contributed by atoms with Crippen LogP contribution >= 0.6 is 0 Å². The lowest BCUT2D eigenvalue weighted by molar-refractivity contribution is -0.384. The van der Waals surface area contributed by atoms with E-state index in [1.807, 2.05) is 38.1 Å². The smallest absolute Gasteiger partial charge is 0.311 e. The van der Waals surface area contributed by atoms with Crippen LogP contribution < -0.4 is 11.1 Å². The second kappa shape index (κ2) is 5.83. The summed E-state index contributed by atoms with van der Waals surface area (Å²) in [4.78, 5) is 14.8. The Morgan fingerprint density at radius 1 is 1.40 bits per heavy atom. The molecule has 0 saturated carbocycles. The fraction of sp³-hybridized carbons (Fsp3) is 0.357. The van der Waals surface area contributed by atoms with E-state index in [9.17, 15) is 10.1 Å². The van der Waals surface area contributed by atoms with Gasteiger partial charge in [-0.2, -0.15) is 0 Å². The minimum atomic E-state index is -0.428. The number of benzene rings is 1. The van der Waals surface area contributed by atoms with E-state index < -0.39 is 4.92 Å². The summed E-state index contributed by atoms with van der Waals surface area (Å²) in [5, 5.41) is 15.0. The van der Waals surface area contributed by atoms with Gasteiger partial charge in [-0.05, 0) is 12.0 Å². The van der Waals surface area contributed by atoms with Crippen molar-refractivity contribution >= 4 is 22.3 Å². The van der Waals surface area contributed by atoms with Crippen molar-refractivity contribution in [2.75, 3.05) is 11.9 Å². The molecule has 0 spiro atoms. The standard InChI is InChI=1S/C14H18N4O2/c1-9(2)11(15)7-17-14-10-5-3-4-6-12(10)16-8-13(14)18(19)20/h3-6,8-9,11H,7,15H2,1-2H3,(H,16,17). The van der Waals surface area contributed by atoms with Crippen LogP contribution in [0.5, 0.6) is 0 Å². The number of fused-ring (bicyclic) bond motifs is 1. The Labute approximate surface area is 117 Å². The zero-order chi connectivity index (χ0) is 14.7. The van der Waals surface area contributed by atoms with Crippen molar-refractivity contribution in [3.8, 4) is 0 Å². The molecule has 0 aliphatic heterocycles. The molecule has 106 valence electrons. The Hall–Kier alpha value is -2.21. The molecule has 0 aliphatic rings. The number of aromatic nitrogens is 1. The maximum atomic E-state index is 11.1. The molecular weight excluding hydrogens is 256 g/mol. The molecule has 0 fully saturated rings. The van der Waals surface area contributed by atoms with E-state index in [-0.39, 0.29) is 11.7 Å². The summed E-state index contributed by atoms with van der Waals surface area (Å²) in [6, 6.07) is 7.26. The van der Waals surface area contributed by atoms with Crippen LogP contribution in [0.3, 0.4) is 0 Å². The van der Waals surface area contributed by atoms with Crippen LogP contribution in [0.15, 0.2) is 30.5 Å². The summed E-state index contributed by atoms with van der Waals surface area (Å²) in [6.07, 6.45) is 1.28. The third kappa shape index (κ3) is 2.85. The van der Waals surface area contributed by atoms with Gasteiger partial charge < -0.3 is 11.1 Å². The molecule has 6 heteroatoms. The highest BCUT2D eigenvalue weighted by molar-refractivity contribution is 5.95. The molecule has 6 nitrogen and oxygen atoms in total. The van der Waals surface area contributed by atoms with Gasteiger partial charge in [0, 0.05) is 18.0 Å². The van der Waals surface area contributed by atoms with Gasteiger partial charge in [-0.25, -0.2) is 4.98 Å². The molecule has 0 radical (unpaired) electrons. The minimum Gasteiger partial charge on any atom is -0.377 e. The Kier molecular flexibility index (Phi) is 4.14. The molecule has 2 rings (SSSR count). The van der Waals surface area contributed by atoms with Gasteiger partial charge >= 0.3 is 5.69 Å². The van der Waals surface area contributed by atoms with Crippen LogP contribution in [0.4, 0.5) is 11.4 Å². The highest BCUT2D eigenvalue weighted by Crippen LogP contribution is 2.31. The van der Waals surface area contributed by atoms with Crippen molar-refractivity contribution in [1.82, 2.24) is 4.98 Å². The van der Waals surface area contributed by atoms with Gasteiger partial charge in [0.2, 0.25) is 0 Å². The maximum absolute atomic E-state index is 11.1. The predicted molar refractivity (Wildman–Crippen MR) is 79.7 cm³/mol. The summed E-state index contributed by atoms with van der Waals surface area (Å²) < 4.78 is 0. The number of anilines is 1. The number of nitrogens with two attached hydrogens (primary N) is 1. The summed E-state index contributed by atoms with van der Waals surface area (Å²) >= 11 is 0. The van der Waals surface area contributed by atoms with Crippen LogP contribution in [0.1, 0.15) is 13.8 Å². The number of rotatable bonds is 5. The molecule has 1 atom stereocenters. The number of hydrogen-bond donors (Lipinski definition) is 2. The third-order valence-electron chi connectivity index (χ3n) is 3.32. The molecular formula is C14H18N4O2. The minimum absolute atomic E-state index is 0.0281. The fourth-order valence-corrected chi connectivity index (χ4v) is 1.91. The van der Waals surface area contributed by atoms with Crippen LogP contribution in [0, 0.1) is 16.0 Å². The number of pyridine rings is 1. The van der Waals surface area contributed by atoms with Crippen molar-refractivity contribution in [2.24, 2.45) is 11.7 Å². The van der Waals surface area contributed by atoms with Gasteiger partial charge in [0.1, 0.15) is 11.9 Å². The summed E-state index contributed by atoms with van der Waals surface area (Å²) in [5.41, 5.74) is 7.16. The number of hydrogen-bond acceptors (Lipinski definition) is 5. The fourth-order valence-electron chi connectivity index (χ4n) is 1.91. The Morgan fingerprint density at radius 3 is 2.75 bits per heavy atom. The number of nitrogens with one attached hydrogen (secondary N) is 1. The summed E-state index contributed by atoms with van der Waals surface area (Å²) in [7, 11) is 0. The van der Waals surface area contributed by atoms with E-state index in [0.717, 1.165) is 10.9 Å². The lowest BCUT2D eigenvalue weighted by Crippen LogP contribution is -2.34. The Morgan fingerprint density at radius 2 is 2.10 bits per heavy atom. The van der Waals surface area contributed by atoms with Crippen molar-refractivity contribution in [1.29, 1.82) is 0 Å². The molecule has 1 heterocycles. The first-order valence-electron chi connectivity index (χ1n) is 6.52. The van der Waals surface area contributed by atoms with Crippen LogP contribution in [-0.2, 0) is 0 Å². The first-order valence-corrected chi connectivity index (χ1v) is 6.52. The van der Waals surface area contributed by atoms with Crippen LogP contribution in [0.2, 0.25) is 0 Å². The molecule has 3 N–H and O–H groups in total. The first kappa shape index (κ1) is 14.2. The lowest BCUT2D eigenvalue weighted by atomic mass is 10.1. The van der Waals surface area contributed by atoms with Crippen LogP contribution in [-0.4, -0.2) is 22.5 Å². The summed E-state index contributed by atoms with van der Waals surface area (Å²) in [5.74, 6) is 0.301. The molecule has 0 aliphatic carbocycles. The summed E-state index contributed by atoms with van der Waals surface area (Å²) in [6.45, 7) is 4.52. The van der Waals surface area contributed by atoms with Gasteiger partial charge in [-0.1, -0.05) is 32.0 Å². The second-order valence-electron chi connectivity index (χ2n) is 5.08. The third-order valence-corrected chi connectivity index (χ3v) is 3.32. The van der Waals surface area contributed by atoms with E-state index in [0.29, 0.717) is 18.2 Å². The molecule has 0 amide bonds. The second-order valence-corrected chi connectivity index (χ2v) is 5.08. The highest BCUT2D eigenvalue weighted by Gasteiger charge is 2.18. The average molecular weight is 274 g/mol. The monoisotopic (exact) mass is 274 g/mol. The van der Waals surface area contributed by atoms with E-state index in [1.165, 1.54) is 6.20 Å². The predicted octanol–water partition coefficient (Wildman–Crippen LogP) is 2.54. The van der Waals surface area contributed by atoms with Gasteiger partial charge in [0.15, 0.2) is 0 Å². The Balaban J connectivity index is 2.42. The molecule has 20 heavy (non-hydrogen) atoms. The van der Waals surface area contributed by atoms with Crippen molar-refractivity contribution in [3.63, 3.8) is 0 Å². The molecule has 0 saturated heterocycles. The zero-order valence-electron chi connectivity index (χ0n) is 11.5. The van der Waals surface area contributed by atoms with Gasteiger partial charge in [0.25, 0.3) is 0 Å². The van der Waals surface area contributed by atoms with Gasteiger partial charge in [-0.15, -0.1) is 0 Å². The van der Waals surface area contributed by atoms with Gasteiger partial charge in [-0.3, -0.25) is 10.1 Å². The highest BCUT2D eigenvalue weighted by atomic mass is 16.6. The van der Waals surface area contributed by atoms with Crippen LogP contribution in [0.25, 0.3) is 10.9 Å². The van der Waals surface area contributed by atoms with E-state index in [4.69, 9.17) is 5.73 Å². The molecule has 1 aromatic carbocycles. The van der Waals surface area contributed by atoms with E-state index in [2.05, 4.69) is 10.3 Å².